The minimum absolute atomic E-state index is 0.337. The van der Waals surface area contributed by atoms with E-state index in [2.05, 4.69) is 0 Å². The van der Waals surface area contributed by atoms with Gasteiger partial charge < -0.3 is 19.3 Å². The van der Waals surface area contributed by atoms with Gasteiger partial charge in [0.05, 0.1) is 17.2 Å². The van der Waals surface area contributed by atoms with Crippen molar-refractivity contribution in [2.45, 2.75) is 41.7 Å². The quantitative estimate of drug-likeness (QED) is 0.544. The zero-order valence-electron chi connectivity index (χ0n) is 17.9. The molecule has 1 heterocycles. The molecule has 1 saturated heterocycles. The maximum absolute atomic E-state index is 12.9. The van der Waals surface area contributed by atoms with E-state index in [-0.39, 0.29) is 0 Å². The van der Waals surface area contributed by atoms with E-state index in [0.29, 0.717) is 11.1 Å². The van der Waals surface area contributed by atoms with Gasteiger partial charge in [-0.15, -0.1) is 0 Å². The molecule has 0 spiro atoms. The lowest BCUT2D eigenvalue weighted by atomic mass is 10.00. The number of esters is 2. The molecule has 0 aromatic heterocycles. The Labute approximate surface area is 196 Å². The first-order chi connectivity index (χ1) is 16.0. The maximum Gasteiger partial charge on any atom is 0.338 e. The van der Waals surface area contributed by atoms with Crippen molar-refractivity contribution in [3.8, 4) is 0 Å². The van der Waals surface area contributed by atoms with Gasteiger partial charge in [-0.2, -0.15) is 0 Å². The summed E-state index contributed by atoms with van der Waals surface area (Å²) in [6.07, 6.45) is -3.98. The zero-order chi connectivity index (χ0) is 23.2. The summed E-state index contributed by atoms with van der Waals surface area (Å²) in [7, 11) is 0. The zero-order valence-corrected chi connectivity index (χ0v) is 18.8. The topological polar surface area (TPSA) is 82.1 Å². The largest absolute Gasteiger partial charge is 0.452 e. The van der Waals surface area contributed by atoms with Crippen LogP contribution in [0.5, 0.6) is 0 Å². The molecule has 3 aromatic rings. The van der Waals surface area contributed by atoms with Crippen LogP contribution in [0.25, 0.3) is 0 Å². The number of benzene rings is 3. The molecule has 4 rings (SSSR count). The number of hydrogen-bond acceptors (Lipinski definition) is 7. The molecule has 5 atom stereocenters. The Morgan fingerprint density at radius 3 is 1.73 bits per heavy atom. The summed E-state index contributed by atoms with van der Waals surface area (Å²) in [5.74, 6) is -1.21. The van der Waals surface area contributed by atoms with E-state index in [1.165, 1.54) is 11.8 Å². The standard InChI is InChI=1S/C26H24O6S/c1-17-21(27)22(31-24(28)18-11-5-2-6-12-18)23(32-25(29)19-13-7-3-8-14-19)26(30-17)33-20-15-9-4-10-16-20/h2-17,21-23,26-27H,1H3/t17-,21+,22+,23-,26+/m1/s1. The van der Waals surface area contributed by atoms with Crippen LogP contribution in [0.1, 0.15) is 27.6 Å². The third kappa shape index (κ3) is 5.63. The third-order valence-electron chi connectivity index (χ3n) is 5.26. The second-order valence-corrected chi connectivity index (χ2v) is 8.77. The van der Waals surface area contributed by atoms with Crippen molar-refractivity contribution < 1.29 is 28.9 Å². The van der Waals surface area contributed by atoms with Crippen LogP contribution in [0, 0.1) is 0 Å². The highest BCUT2D eigenvalue weighted by Crippen LogP contribution is 2.36. The Kier molecular flexibility index (Phi) is 7.44. The first-order valence-corrected chi connectivity index (χ1v) is 11.5. The molecular weight excluding hydrogens is 440 g/mol. The smallest absolute Gasteiger partial charge is 0.338 e. The Morgan fingerprint density at radius 2 is 1.21 bits per heavy atom. The van der Waals surface area contributed by atoms with Crippen molar-refractivity contribution in [1.29, 1.82) is 0 Å². The normalized spacial score (nSPS) is 24.6. The maximum atomic E-state index is 12.9. The summed E-state index contributed by atoms with van der Waals surface area (Å²) in [5.41, 5.74) is -0.0153. The predicted molar refractivity (Wildman–Crippen MR) is 124 cm³/mol. The number of carbonyl (C=O) groups excluding carboxylic acids is 2. The Bertz CT molecular complexity index is 1060. The van der Waals surface area contributed by atoms with Gasteiger partial charge in [-0.3, -0.25) is 0 Å². The van der Waals surface area contributed by atoms with Crippen molar-refractivity contribution >= 4 is 23.7 Å². The SMILES string of the molecule is C[C@H]1O[C@@H](Sc2ccccc2)[C@H](OC(=O)c2ccccc2)[C@@H](OC(=O)c2ccccc2)[C@H]1O. The van der Waals surface area contributed by atoms with E-state index >= 15 is 0 Å². The fraction of sp³-hybridized carbons (Fsp3) is 0.231. The Balaban J connectivity index is 1.63. The molecule has 3 aromatic carbocycles. The molecule has 1 aliphatic rings. The summed E-state index contributed by atoms with van der Waals surface area (Å²) in [5, 5.41) is 10.9. The summed E-state index contributed by atoms with van der Waals surface area (Å²) >= 11 is 1.34. The van der Waals surface area contributed by atoms with Gasteiger partial charge in [-0.05, 0) is 43.3 Å². The number of thioether (sulfide) groups is 1. The van der Waals surface area contributed by atoms with Gasteiger partial charge in [0.25, 0.3) is 0 Å². The molecular formula is C26H24O6S. The summed E-state index contributed by atoms with van der Waals surface area (Å²) in [4.78, 5) is 26.6. The first kappa shape index (κ1) is 23.0. The molecule has 1 N–H and O–H groups in total. The van der Waals surface area contributed by atoms with E-state index in [4.69, 9.17) is 14.2 Å². The van der Waals surface area contributed by atoms with E-state index in [0.717, 1.165) is 4.90 Å². The van der Waals surface area contributed by atoms with Crippen LogP contribution in [0.15, 0.2) is 95.9 Å². The first-order valence-electron chi connectivity index (χ1n) is 10.6. The van der Waals surface area contributed by atoms with Crippen LogP contribution < -0.4 is 0 Å². The van der Waals surface area contributed by atoms with Crippen molar-refractivity contribution in [3.63, 3.8) is 0 Å². The highest BCUT2D eigenvalue weighted by molar-refractivity contribution is 7.99. The monoisotopic (exact) mass is 464 g/mol. The van der Waals surface area contributed by atoms with E-state index in [9.17, 15) is 14.7 Å². The van der Waals surface area contributed by atoms with E-state index in [1.807, 2.05) is 30.3 Å². The molecule has 0 unspecified atom stereocenters. The Morgan fingerprint density at radius 1 is 0.758 bits per heavy atom. The van der Waals surface area contributed by atoms with Gasteiger partial charge in [0.15, 0.2) is 12.2 Å². The average Bonchev–Trinajstić information content (AvgIpc) is 2.86. The average molecular weight is 465 g/mol. The molecule has 0 radical (unpaired) electrons. The number of aliphatic hydroxyl groups is 1. The lowest BCUT2D eigenvalue weighted by molar-refractivity contribution is -0.194. The molecule has 1 aliphatic heterocycles. The number of aliphatic hydroxyl groups excluding tert-OH is 1. The van der Waals surface area contributed by atoms with Gasteiger partial charge in [-0.1, -0.05) is 66.4 Å². The number of hydrogen-bond donors (Lipinski definition) is 1. The molecule has 0 amide bonds. The van der Waals surface area contributed by atoms with Crippen molar-refractivity contribution in [2.24, 2.45) is 0 Å². The molecule has 33 heavy (non-hydrogen) atoms. The fourth-order valence-corrected chi connectivity index (χ4v) is 4.66. The van der Waals surface area contributed by atoms with E-state index < -0.39 is 41.8 Å². The van der Waals surface area contributed by atoms with Gasteiger partial charge in [0.1, 0.15) is 11.5 Å². The third-order valence-corrected chi connectivity index (χ3v) is 6.42. The van der Waals surface area contributed by atoms with Crippen LogP contribution in [-0.2, 0) is 14.2 Å². The van der Waals surface area contributed by atoms with Crippen LogP contribution in [0.3, 0.4) is 0 Å². The molecule has 0 saturated carbocycles. The summed E-state index contributed by atoms with van der Waals surface area (Å²) < 4.78 is 17.5. The molecule has 0 bridgehead atoms. The fourth-order valence-electron chi connectivity index (χ4n) is 3.50. The lowest BCUT2D eigenvalue weighted by Gasteiger charge is -2.42. The minimum Gasteiger partial charge on any atom is -0.452 e. The second-order valence-electron chi connectivity index (χ2n) is 7.60. The summed E-state index contributed by atoms with van der Waals surface area (Å²) in [6.45, 7) is 1.70. The predicted octanol–water partition coefficient (Wildman–Crippen LogP) is 4.34. The van der Waals surface area contributed by atoms with Crippen molar-refractivity contribution in [1.82, 2.24) is 0 Å². The van der Waals surface area contributed by atoms with Crippen molar-refractivity contribution in [3.05, 3.63) is 102 Å². The molecule has 0 aliphatic carbocycles. The van der Waals surface area contributed by atoms with Crippen LogP contribution in [0.2, 0.25) is 0 Å². The minimum atomic E-state index is -1.18. The molecule has 6 nitrogen and oxygen atoms in total. The lowest BCUT2D eigenvalue weighted by Crippen LogP contribution is -2.58. The summed E-state index contributed by atoms with van der Waals surface area (Å²) in [6, 6.07) is 26.5. The van der Waals surface area contributed by atoms with Gasteiger partial charge in [0.2, 0.25) is 0 Å². The van der Waals surface area contributed by atoms with Crippen LogP contribution >= 0.6 is 11.8 Å². The molecule has 1 fully saturated rings. The number of ether oxygens (including phenoxy) is 3. The highest BCUT2D eigenvalue weighted by Gasteiger charge is 2.49. The molecule has 170 valence electrons. The van der Waals surface area contributed by atoms with Crippen molar-refractivity contribution in [2.75, 3.05) is 0 Å². The van der Waals surface area contributed by atoms with Crippen LogP contribution in [0.4, 0.5) is 0 Å². The number of rotatable bonds is 6. The van der Waals surface area contributed by atoms with E-state index in [1.54, 1.807) is 67.6 Å². The van der Waals surface area contributed by atoms with Crippen LogP contribution in [-0.4, -0.2) is 46.9 Å². The molecule has 7 heteroatoms. The van der Waals surface area contributed by atoms with Gasteiger partial charge in [0, 0.05) is 4.90 Å². The highest BCUT2D eigenvalue weighted by atomic mass is 32.2. The Hall–Kier alpha value is -3.13. The number of carbonyl (C=O) groups is 2. The van der Waals surface area contributed by atoms with Gasteiger partial charge >= 0.3 is 11.9 Å². The van der Waals surface area contributed by atoms with Gasteiger partial charge in [-0.25, -0.2) is 9.59 Å². The second kappa shape index (κ2) is 10.7.